The lowest BCUT2D eigenvalue weighted by molar-refractivity contribution is 0.475. The fourth-order valence-corrected chi connectivity index (χ4v) is 1.47. The highest BCUT2D eigenvalue weighted by molar-refractivity contribution is 5.37. The molecule has 78 valence electrons. The van der Waals surface area contributed by atoms with Gasteiger partial charge in [0.25, 0.3) is 0 Å². The van der Waals surface area contributed by atoms with Crippen molar-refractivity contribution in [3.05, 3.63) is 42.2 Å². The Morgan fingerprint density at radius 1 is 1.27 bits per heavy atom. The minimum absolute atomic E-state index is 0.0682. The van der Waals surface area contributed by atoms with Gasteiger partial charge in [-0.3, -0.25) is 0 Å². The molecule has 15 heavy (non-hydrogen) atoms. The minimum Gasteiger partial charge on any atom is -0.508 e. The van der Waals surface area contributed by atoms with Gasteiger partial charge in [-0.25, -0.2) is 4.68 Å². The summed E-state index contributed by atoms with van der Waals surface area (Å²) >= 11 is 0. The van der Waals surface area contributed by atoms with Crippen LogP contribution in [0.4, 0.5) is 0 Å². The van der Waals surface area contributed by atoms with Crippen LogP contribution < -0.4 is 5.73 Å². The van der Waals surface area contributed by atoms with Crippen LogP contribution >= 0.6 is 0 Å². The molecule has 0 spiro atoms. The number of hydrogen-bond donors (Lipinski definition) is 2. The van der Waals surface area contributed by atoms with Crippen LogP contribution in [-0.2, 0) is 0 Å². The second kappa shape index (κ2) is 3.74. The molecule has 4 heteroatoms. The zero-order chi connectivity index (χ0) is 10.8. The first-order valence-electron chi connectivity index (χ1n) is 4.77. The first kappa shape index (κ1) is 9.73. The third kappa shape index (κ3) is 1.85. The van der Waals surface area contributed by atoms with Crippen molar-refractivity contribution in [2.75, 3.05) is 0 Å². The molecule has 0 aliphatic rings. The quantitative estimate of drug-likeness (QED) is 0.779. The van der Waals surface area contributed by atoms with Crippen LogP contribution in [0.3, 0.4) is 0 Å². The number of nitrogens with zero attached hydrogens (tertiary/aromatic N) is 2. The number of nitrogens with two attached hydrogens (primary N) is 1. The van der Waals surface area contributed by atoms with Gasteiger partial charge in [-0.15, -0.1) is 0 Å². The Morgan fingerprint density at radius 3 is 2.53 bits per heavy atom. The Hall–Kier alpha value is -1.81. The van der Waals surface area contributed by atoms with E-state index in [1.807, 2.05) is 13.0 Å². The zero-order valence-electron chi connectivity index (χ0n) is 8.46. The second-order valence-corrected chi connectivity index (χ2v) is 3.47. The van der Waals surface area contributed by atoms with Crippen molar-refractivity contribution in [1.29, 1.82) is 0 Å². The molecular formula is C11H13N3O. The van der Waals surface area contributed by atoms with Crippen molar-refractivity contribution in [2.24, 2.45) is 5.73 Å². The van der Waals surface area contributed by atoms with E-state index in [0.717, 1.165) is 11.4 Å². The maximum Gasteiger partial charge on any atom is 0.115 e. The van der Waals surface area contributed by atoms with Crippen molar-refractivity contribution >= 4 is 0 Å². The molecule has 0 radical (unpaired) electrons. The molecule has 0 saturated heterocycles. The maximum atomic E-state index is 9.18. The van der Waals surface area contributed by atoms with Crippen molar-refractivity contribution < 1.29 is 5.11 Å². The molecule has 1 unspecified atom stereocenters. The van der Waals surface area contributed by atoms with Crippen LogP contribution in [0, 0.1) is 0 Å². The summed E-state index contributed by atoms with van der Waals surface area (Å²) in [5.41, 5.74) is 7.65. The maximum absolute atomic E-state index is 9.18. The molecule has 3 N–H and O–H groups in total. The summed E-state index contributed by atoms with van der Waals surface area (Å²) < 4.78 is 1.77. The molecule has 0 fully saturated rings. The average Bonchev–Trinajstić information content (AvgIpc) is 2.67. The van der Waals surface area contributed by atoms with Gasteiger partial charge in [0.15, 0.2) is 0 Å². The SMILES string of the molecule is CC(N)c1ccnn1-c1ccc(O)cc1. The fraction of sp³-hybridized carbons (Fsp3) is 0.182. The minimum atomic E-state index is -0.0682. The Morgan fingerprint density at radius 2 is 1.93 bits per heavy atom. The number of aromatic hydroxyl groups is 1. The molecule has 1 heterocycles. The molecule has 0 saturated carbocycles. The largest absolute Gasteiger partial charge is 0.508 e. The highest BCUT2D eigenvalue weighted by Crippen LogP contribution is 2.17. The molecule has 0 aliphatic carbocycles. The summed E-state index contributed by atoms with van der Waals surface area (Å²) in [4.78, 5) is 0. The van der Waals surface area contributed by atoms with Gasteiger partial charge in [0.1, 0.15) is 5.75 Å². The first-order valence-corrected chi connectivity index (χ1v) is 4.77. The topological polar surface area (TPSA) is 64.1 Å². The van der Waals surface area contributed by atoms with Gasteiger partial charge in [0.05, 0.1) is 11.4 Å². The summed E-state index contributed by atoms with van der Waals surface area (Å²) in [6.45, 7) is 1.91. The normalized spacial score (nSPS) is 12.7. The Labute approximate surface area is 88.0 Å². The highest BCUT2D eigenvalue weighted by atomic mass is 16.3. The van der Waals surface area contributed by atoms with Crippen LogP contribution in [0.25, 0.3) is 5.69 Å². The summed E-state index contributed by atoms with van der Waals surface area (Å²) in [7, 11) is 0. The number of rotatable bonds is 2. The first-order chi connectivity index (χ1) is 7.18. The van der Waals surface area contributed by atoms with Gasteiger partial charge < -0.3 is 10.8 Å². The van der Waals surface area contributed by atoms with Crippen molar-refractivity contribution in [3.8, 4) is 11.4 Å². The van der Waals surface area contributed by atoms with E-state index in [1.165, 1.54) is 0 Å². The van der Waals surface area contributed by atoms with Crippen molar-refractivity contribution in [1.82, 2.24) is 9.78 Å². The average molecular weight is 203 g/mol. The van der Waals surface area contributed by atoms with Gasteiger partial charge in [-0.05, 0) is 37.3 Å². The second-order valence-electron chi connectivity index (χ2n) is 3.47. The van der Waals surface area contributed by atoms with E-state index in [-0.39, 0.29) is 11.8 Å². The smallest absolute Gasteiger partial charge is 0.115 e. The lowest BCUT2D eigenvalue weighted by Gasteiger charge is -2.09. The fourth-order valence-electron chi connectivity index (χ4n) is 1.47. The van der Waals surface area contributed by atoms with Gasteiger partial charge in [-0.1, -0.05) is 0 Å². The molecule has 0 bridgehead atoms. The number of benzene rings is 1. The predicted molar refractivity (Wildman–Crippen MR) is 57.8 cm³/mol. The molecule has 1 aromatic carbocycles. The molecule has 1 atom stereocenters. The Bertz CT molecular complexity index is 445. The van der Waals surface area contributed by atoms with Crippen LogP contribution in [0.15, 0.2) is 36.5 Å². The molecule has 0 amide bonds. The third-order valence-corrected chi connectivity index (χ3v) is 2.23. The zero-order valence-corrected chi connectivity index (χ0v) is 8.46. The van der Waals surface area contributed by atoms with Gasteiger partial charge in [0.2, 0.25) is 0 Å². The monoisotopic (exact) mass is 203 g/mol. The summed E-state index contributed by atoms with van der Waals surface area (Å²) in [6.07, 6.45) is 1.71. The Balaban J connectivity index is 2.45. The molecule has 0 aliphatic heterocycles. The highest BCUT2D eigenvalue weighted by Gasteiger charge is 2.08. The molecule has 4 nitrogen and oxygen atoms in total. The molecular weight excluding hydrogens is 190 g/mol. The number of aromatic nitrogens is 2. The van der Waals surface area contributed by atoms with Crippen molar-refractivity contribution in [3.63, 3.8) is 0 Å². The van der Waals surface area contributed by atoms with E-state index < -0.39 is 0 Å². The Kier molecular flexibility index (Phi) is 2.43. The van der Waals surface area contributed by atoms with E-state index in [4.69, 9.17) is 5.73 Å². The number of phenolic OH excluding ortho intramolecular Hbond substituents is 1. The summed E-state index contributed by atoms with van der Waals surface area (Å²) in [6, 6.07) is 8.67. The standard InChI is InChI=1S/C11H13N3O/c1-8(12)11-6-7-13-14(11)9-2-4-10(15)5-3-9/h2-8,15H,12H2,1H3. The van der Waals surface area contributed by atoms with Crippen LogP contribution in [-0.4, -0.2) is 14.9 Å². The lowest BCUT2D eigenvalue weighted by atomic mass is 10.2. The van der Waals surface area contributed by atoms with E-state index >= 15 is 0 Å². The van der Waals surface area contributed by atoms with Crippen molar-refractivity contribution in [2.45, 2.75) is 13.0 Å². The number of phenols is 1. The number of hydrogen-bond acceptors (Lipinski definition) is 3. The van der Waals surface area contributed by atoms with Crippen LogP contribution in [0.1, 0.15) is 18.7 Å². The summed E-state index contributed by atoms with van der Waals surface area (Å²) in [5, 5.41) is 13.4. The third-order valence-electron chi connectivity index (χ3n) is 2.23. The lowest BCUT2D eigenvalue weighted by Crippen LogP contribution is -2.11. The van der Waals surface area contributed by atoms with Crippen LogP contribution in [0.2, 0.25) is 0 Å². The molecule has 2 rings (SSSR count). The van der Waals surface area contributed by atoms with Gasteiger partial charge in [-0.2, -0.15) is 5.10 Å². The van der Waals surface area contributed by atoms with Crippen LogP contribution in [0.5, 0.6) is 5.75 Å². The van der Waals surface area contributed by atoms with E-state index in [1.54, 1.807) is 35.1 Å². The van der Waals surface area contributed by atoms with E-state index in [0.29, 0.717) is 0 Å². The molecule has 1 aromatic heterocycles. The van der Waals surface area contributed by atoms with E-state index in [2.05, 4.69) is 5.10 Å². The van der Waals surface area contributed by atoms with Gasteiger partial charge >= 0.3 is 0 Å². The van der Waals surface area contributed by atoms with Gasteiger partial charge in [0, 0.05) is 12.2 Å². The summed E-state index contributed by atoms with van der Waals surface area (Å²) in [5.74, 6) is 0.244. The predicted octanol–water partition coefficient (Wildman–Crippen LogP) is 1.60. The van der Waals surface area contributed by atoms with E-state index in [9.17, 15) is 5.11 Å². The molecule has 2 aromatic rings.